The fourth-order valence-corrected chi connectivity index (χ4v) is 7.96. The quantitative estimate of drug-likeness (QED) is 0.179. The predicted octanol–water partition coefficient (Wildman–Crippen LogP) is 8.27. The summed E-state index contributed by atoms with van der Waals surface area (Å²) in [6, 6.07) is 53.4. The van der Waals surface area contributed by atoms with Crippen LogP contribution in [0.2, 0.25) is 0 Å². The number of fused-ring (bicyclic) bond motifs is 6. The largest absolute Gasteiger partial charge is 0.357 e. The van der Waals surface area contributed by atoms with Crippen molar-refractivity contribution in [2.75, 3.05) is 0 Å². The molecule has 0 N–H and O–H groups in total. The minimum absolute atomic E-state index is 0.115. The lowest BCUT2D eigenvalue weighted by Crippen LogP contribution is -2.61. The summed E-state index contributed by atoms with van der Waals surface area (Å²) in [4.78, 5) is 0. The van der Waals surface area contributed by atoms with Crippen molar-refractivity contribution in [3.63, 3.8) is 0 Å². The van der Waals surface area contributed by atoms with Crippen LogP contribution in [0.3, 0.4) is 0 Å². The summed E-state index contributed by atoms with van der Waals surface area (Å²) in [6.07, 6.45) is 8.88. The maximum absolute atomic E-state index is 2.55. The molecule has 0 saturated carbocycles. The smallest absolute Gasteiger partial charge is 0.190 e. The molecular weight excluding hydrogens is 571 g/mol. The SMILES string of the molecule is Cc1cc2[n+](cc1-c1ccccc1)C(c1ccccc1-c1cccc[n+]1C1Cc3ccccc3-c3cccc[n+]31)Cc1ccccc1-2. The molecular formula is C44H36N3+3. The van der Waals surface area contributed by atoms with Gasteiger partial charge in [0, 0.05) is 53.4 Å². The monoisotopic (exact) mass is 606 g/mol. The first-order valence-corrected chi connectivity index (χ1v) is 16.6. The molecule has 3 heteroatoms. The molecule has 3 aromatic heterocycles. The molecule has 9 rings (SSSR count). The van der Waals surface area contributed by atoms with E-state index in [1.54, 1.807) is 0 Å². The van der Waals surface area contributed by atoms with E-state index in [0.29, 0.717) is 0 Å². The number of aromatic nitrogens is 3. The molecule has 224 valence electrons. The second kappa shape index (κ2) is 11.3. The van der Waals surface area contributed by atoms with E-state index in [4.69, 9.17) is 0 Å². The lowest BCUT2D eigenvalue weighted by atomic mass is 9.85. The fraction of sp³-hybridized carbons (Fsp3) is 0.114. The van der Waals surface area contributed by atoms with Gasteiger partial charge in [0.1, 0.15) is 6.42 Å². The normalized spacial score (nSPS) is 16.0. The highest BCUT2D eigenvalue weighted by atomic mass is 15.2. The van der Waals surface area contributed by atoms with E-state index < -0.39 is 0 Å². The van der Waals surface area contributed by atoms with Gasteiger partial charge in [-0.3, -0.25) is 0 Å². The Labute approximate surface area is 276 Å². The van der Waals surface area contributed by atoms with Crippen LogP contribution in [0.4, 0.5) is 0 Å². The van der Waals surface area contributed by atoms with Crippen molar-refractivity contribution in [3.8, 4) is 44.9 Å². The molecule has 2 atom stereocenters. The standard InChI is InChI=1S/C44H36N3/c1-31-27-42-36-20-8-5-17-33(36)28-43(47(42)30-39(31)32-15-3-2-4-16-32)38-22-10-9-21-37(38)41-24-12-14-26-46(41)44-29-34-18-6-7-19-35(34)40-23-11-13-25-45(40)44/h2-27,30,43-44H,28-29H2,1H3/q+3. The lowest BCUT2D eigenvalue weighted by Gasteiger charge is -2.25. The summed E-state index contributed by atoms with van der Waals surface area (Å²) in [5.74, 6) is 0. The van der Waals surface area contributed by atoms with E-state index in [-0.39, 0.29) is 12.2 Å². The number of pyridine rings is 3. The van der Waals surface area contributed by atoms with Gasteiger partial charge >= 0.3 is 6.17 Å². The molecule has 0 fully saturated rings. The molecule has 0 radical (unpaired) electrons. The molecule has 3 nitrogen and oxygen atoms in total. The van der Waals surface area contributed by atoms with Gasteiger partial charge in [-0.15, -0.1) is 9.13 Å². The van der Waals surface area contributed by atoms with Crippen LogP contribution >= 0.6 is 0 Å². The van der Waals surface area contributed by atoms with Crippen LogP contribution in [0, 0.1) is 6.92 Å². The van der Waals surface area contributed by atoms with Crippen molar-refractivity contribution in [2.24, 2.45) is 0 Å². The zero-order valence-corrected chi connectivity index (χ0v) is 26.5. The lowest BCUT2D eigenvalue weighted by molar-refractivity contribution is -0.936. The topological polar surface area (TPSA) is 11.6 Å². The molecule has 5 heterocycles. The molecule has 2 aliphatic heterocycles. The Morgan fingerprint density at radius 1 is 0.468 bits per heavy atom. The molecule has 2 unspecified atom stereocenters. The molecule has 2 aliphatic rings. The Bertz CT molecular complexity index is 2290. The van der Waals surface area contributed by atoms with Gasteiger partial charge in [-0.05, 0) is 59.5 Å². The Morgan fingerprint density at radius 3 is 1.74 bits per heavy atom. The first kappa shape index (κ1) is 27.6. The second-order valence-corrected chi connectivity index (χ2v) is 12.8. The number of rotatable bonds is 4. The first-order chi connectivity index (χ1) is 23.2. The summed E-state index contributed by atoms with van der Waals surface area (Å²) in [6.45, 7) is 2.24. The van der Waals surface area contributed by atoms with Gasteiger partial charge in [-0.1, -0.05) is 84.9 Å². The Kier molecular flexibility index (Phi) is 6.64. The van der Waals surface area contributed by atoms with E-state index in [1.165, 1.54) is 67.2 Å². The average Bonchev–Trinajstić information content (AvgIpc) is 3.14. The third kappa shape index (κ3) is 4.61. The molecule has 4 aromatic carbocycles. The van der Waals surface area contributed by atoms with Gasteiger partial charge in [-0.25, -0.2) is 0 Å². The van der Waals surface area contributed by atoms with Crippen molar-refractivity contribution < 1.29 is 13.7 Å². The summed E-state index contributed by atoms with van der Waals surface area (Å²) in [5, 5.41) is 0. The molecule has 0 saturated heterocycles. The zero-order valence-electron chi connectivity index (χ0n) is 26.5. The van der Waals surface area contributed by atoms with Crippen molar-refractivity contribution in [1.82, 2.24) is 0 Å². The molecule has 47 heavy (non-hydrogen) atoms. The van der Waals surface area contributed by atoms with Gasteiger partial charge in [0.25, 0.3) is 0 Å². The van der Waals surface area contributed by atoms with Crippen molar-refractivity contribution >= 4 is 0 Å². The van der Waals surface area contributed by atoms with Gasteiger partial charge in [-0.2, -0.15) is 4.57 Å². The van der Waals surface area contributed by atoms with E-state index >= 15 is 0 Å². The van der Waals surface area contributed by atoms with Crippen LogP contribution in [-0.2, 0) is 12.8 Å². The third-order valence-electron chi connectivity index (χ3n) is 10.2. The molecule has 0 bridgehead atoms. The maximum atomic E-state index is 2.55. The highest BCUT2D eigenvalue weighted by molar-refractivity contribution is 5.71. The van der Waals surface area contributed by atoms with Gasteiger partial charge < -0.3 is 0 Å². The van der Waals surface area contributed by atoms with E-state index in [1.807, 2.05) is 0 Å². The van der Waals surface area contributed by atoms with Gasteiger partial charge in [0.05, 0.1) is 11.1 Å². The third-order valence-corrected chi connectivity index (χ3v) is 10.2. The number of nitrogens with zero attached hydrogens (tertiary/aromatic N) is 3. The van der Waals surface area contributed by atoms with Crippen LogP contribution in [0.5, 0.6) is 0 Å². The Hall–Kier alpha value is -5.67. The van der Waals surface area contributed by atoms with Crippen LogP contribution < -0.4 is 13.7 Å². The van der Waals surface area contributed by atoms with Crippen LogP contribution in [0.25, 0.3) is 44.9 Å². The summed E-state index contributed by atoms with van der Waals surface area (Å²) in [5.41, 5.74) is 15.6. The summed E-state index contributed by atoms with van der Waals surface area (Å²) in [7, 11) is 0. The first-order valence-electron chi connectivity index (χ1n) is 16.6. The van der Waals surface area contributed by atoms with Crippen molar-refractivity contribution in [1.29, 1.82) is 0 Å². The number of hydrogen-bond donors (Lipinski definition) is 0. The maximum Gasteiger partial charge on any atom is 0.357 e. The Balaban J connectivity index is 1.23. The van der Waals surface area contributed by atoms with E-state index in [9.17, 15) is 0 Å². The zero-order chi connectivity index (χ0) is 31.3. The summed E-state index contributed by atoms with van der Waals surface area (Å²) >= 11 is 0. The second-order valence-electron chi connectivity index (χ2n) is 12.8. The van der Waals surface area contributed by atoms with E-state index in [0.717, 1.165) is 12.8 Å². The predicted molar refractivity (Wildman–Crippen MR) is 186 cm³/mol. The summed E-state index contributed by atoms with van der Waals surface area (Å²) < 4.78 is 7.49. The van der Waals surface area contributed by atoms with Crippen LogP contribution in [-0.4, -0.2) is 0 Å². The number of hydrogen-bond acceptors (Lipinski definition) is 0. The number of benzene rings is 4. The highest BCUT2D eigenvalue weighted by Crippen LogP contribution is 2.38. The molecule has 7 aromatic rings. The van der Waals surface area contributed by atoms with E-state index in [2.05, 4.69) is 185 Å². The van der Waals surface area contributed by atoms with Crippen LogP contribution in [0.15, 0.2) is 164 Å². The average molecular weight is 607 g/mol. The van der Waals surface area contributed by atoms with Gasteiger partial charge in [0.15, 0.2) is 24.6 Å². The molecule has 0 amide bonds. The number of aryl methyl sites for hydroxylation is 1. The minimum Gasteiger partial charge on any atom is -0.190 e. The minimum atomic E-state index is 0.115. The molecule has 0 aliphatic carbocycles. The fourth-order valence-electron chi connectivity index (χ4n) is 7.96. The van der Waals surface area contributed by atoms with Gasteiger partial charge in [0.2, 0.25) is 17.1 Å². The molecule has 0 spiro atoms. The highest BCUT2D eigenvalue weighted by Gasteiger charge is 2.41. The van der Waals surface area contributed by atoms with Crippen LogP contribution in [0.1, 0.15) is 34.5 Å². The van der Waals surface area contributed by atoms with Crippen molar-refractivity contribution in [2.45, 2.75) is 32.0 Å². The van der Waals surface area contributed by atoms with Crippen molar-refractivity contribution in [3.05, 3.63) is 186 Å². The Morgan fingerprint density at radius 2 is 1.02 bits per heavy atom.